The Bertz CT molecular complexity index is 1440. The van der Waals surface area contributed by atoms with Gasteiger partial charge in [0, 0.05) is 48.1 Å². The standard InChI is InChI=1S/C35H49NO10/c1-31(2,3)32(4,42)21-15-33-8-9-35(21,43-5)30-34(33)10-11-36(16-17-6-7-17)22(33)13-18-12-19(14-20(45-30)23(18)34)44-29-26(39)24(37)25(38)27(46-29)28(40)41/h12,14,17,21-22,24-27,29-30,37-39,42H,6-11,13,15-16H2,1-5H3,(H,40,41)/t21-,22-,24+,25+,26-,27+,29-,30-,32+,33-,34+,35-/m1/s1. The minimum atomic E-state index is -1.80. The summed E-state index contributed by atoms with van der Waals surface area (Å²) in [5.74, 6) is 0.132. The summed E-state index contributed by atoms with van der Waals surface area (Å²) < 4.78 is 25.3. The van der Waals surface area contributed by atoms with Crippen LogP contribution in [-0.2, 0) is 26.1 Å². The van der Waals surface area contributed by atoms with E-state index in [1.165, 1.54) is 18.4 Å². The number of hydrogen-bond donors (Lipinski definition) is 5. The minimum Gasteiger partial charge on any atom is -0.486 e. The fraction of sp³-hybridized carbons (Fsp3) is 0.800. The van der Waals surface area contributed by atoms with Gasteiger partial charge in [0.1, 0.15) is 41.5 Å². The van der Waals surface area contributed by atoms with Gasteiger partial charge in [-0.25, -0.2) is 4.79 Å². The van der Waals surface area contributed by atoms with E-state index in [4.69, 9.17) is 18.9 Å². The van der Waals surface area contributed by atoms with Crippen LogP contribution in [0.15, 0.2) is 12.1 Å². The summed E-state index contributed by atoms with van der Waals surface area (Å²) in [5, 5.41) is 53.3. The highest BCUT2D eigenvalue weighted by molar-refractivity contribution is 5.73. The average molecular weight is 644 g/mol. The Morgan fingerprint density at radius 3 is 2.46 bits per heavy atom. The number of piperidine rings is 1. The Kier molecular flexibility index (Phi) is 6.67. The van der Waals surface area contributed by atoms with E-state index in [9.17, 15) is 30.3 Å². The maximum atomic E-state index is 12.4. The Labute approximate surface area is 269 Å². The molecule has 11 nitrogen and oxygen atoms in total. The number of aliphatic carboxylic acids is 1. The zero-order chi connectivity index (χ0) is 32.8. The molecular formula is C35H49NO10. The van der Waals surface area contributed by atoms with Crippen molar-refractivity contribution in [3.63, 3.8) is 0 Å². The molecule has 0 aromatic heterocycles. The molecule has 0 unspecified atom stereocenters. The van der Waals surface area contributed by atoms with E-state index < -0.39 is 53.3 Å². The summed E-state index contributed by atoms with van der Waals surface area (Å²) in [7, 11) is 1.77. The molecular weight excluding hydrogens is 594 g/mol. The van der Waals surface area contributed by atoms with E-state index >= 15 is 0 Å². The topological polar surface area (TPSA) is 158 Å². The number of likely N-dealkylation sites (tertiary alicyclic amines) is 1. The lowest BCUT2D eigenvalue weighted by Crippen LogP contribution is -2.83. The summed E-state index contributed by atoms with van der Waals surface area (Å²) >= 11 is 0. The first-order chi connectivity index (χ1) is 21.6. The van der Waals surface area contributed by atoms with E-state index in [0.717, 1.165) is 56.7 Å². The second-order valence-electron chi connectivity index (χ2n) is 16.7. The number of carboxylic acids is 1. The number of aliphatic hydroxyl groups excluding tert-OH is 3. The number of ether oxygens (including phenoxy) is 4. The Balaban J connectivity index is 1.24. The first kappa shape index (κ1) is 31.3. The van der Waals surface area contributed by atoms with Crippen molar-refractivity contribution >= 4 is 5.97 Å². The molecule has 12 atom stereocenters. The summed E-state index contributed by atoms with van der Waals surface area (Å²) in [6, 6.07) is 3.99. The smallest absolute Gasteiger partial charge is 0.335 e. The van der Waals surface area contributed by atoms with Crippen molar-refractivity contribution in [1.29, 1.82) is 0 Å². The fourth-order valence-electron chi connectivity index (χ4n) is 11.0. The number of fused-ring (bicyclic) bond motifs is 2. The highest BCUT2D eigenvalue weighted by atomic mass is 16.7. The summed E-state index contributed by atoms with van der Waals surface area (Å²) in [5.41, 5.74) is -0.242. The second kappa shape index (κ2) is 9.80. The third kappa shape index (κ3) is 3.82. The van der Waals surface area contributed by atoms with E-state index in [2.05, 4.69) is 25.7 Å². The number of hydrogen-bond acceptors (Lipinski definition) is 10. The van der Waals surface area contributed by atoms with Crippen LogP contribution in [0.25, 0.3) is 0 Å². The van der Waals surface area contributed by atoms with Gasteiger partial charge >= 0.3 is 5.97 Å². The lowest BCUT2D eigenvalue weighted by molar-refractivity contribution is -0.312. The first-order valence-corrected chi connectivity index (χ1v) is 17.1. The van der Waals surface area contributed by atoms with Crippen LogP contribution in [0.4, 0.5) is 0 Å². The van der Waals surface area contributed by atoms with Gasteiger partial charge in [-0.2, -0.15) is 0 Å². The van der Waals surface area contributed by atoms with Crippen LogP contribution >= 0.6 is 0 Å². The first-order valence-electron chi connectivity index (χ1n) is 17.1. The molecule has 6 fully saturated rings. The predicted octanol–water partition coefficient (Wildman–Crippen LogP) is 1.98. The minimum absolute atomic E-state index is 0.108. The number of aliphatic hydroxyl groups is 4. The zero-order valence-corrected chi connectivity index (χ0v) is 27.4. The van der Waals surface area contributed by atoms with Gasteiger partial charge in [-0.1, -0.05) is 20.8 Å². The van der Waals surface area contributed by atoms with Crippen molar-refractivity contribution in [2.75, 3.05) is 20.2 Å². The van der Waals surface area contributed by atoms with Crippen molar-refractivity contribution in [2.24, 2.45) is 22.7 Å². The van der Waals surface area contributed by atoms with Crippen molar-refractivity contribution in [2.45, 2.75) is 132 Å². The molecule has 254 valence electrons. The monoisotopic (exact) mass is 643 g/mol. The molecule has 3 aliphatic heterocycles. The fourth-order valence-corrected chi connectivity index (χ4v) is 11.0. The van der Waals surface area contributed by atoms with E-state index in [-0.39, 0.29) is 28.9 Å². The molecule has 8 aliphatic rings. The van der Waals surface area contributed by atoms with Gasteiger partial charge in [-0.15, -0.1) is 0 Å². The van der Waals surface area contributed by atoms with Crippen molar-refractivity contribution in [1.82, 2.24) is 4.90 Å². The average Bonchev–Trinajstić information content (AvgIpc) is 3.75. The van der Waals surface area contributed by atoms with Crippen molar-refractivity contribution in [3.8, 4) is 11.5 Å². The Hall–Kier alpha value is -1.99. The number of rotatable bonds is 7. The van der Waals surface area contributed by atoms with Crippen LogP contribution in [-0.4, -0.2) is 111 Å². The number of methoxy groups -OCH3 is 1. The van der Waals surface area contributed by atoms with Gasteiger partial charge in [0.2, 0.25) is 6.29 Å². The quantitative estimate of drug-likeness (QED) is 0.296. The summed E-state index contributed by atoms with van der Waals surface area (Å²) in [4.78, 5) is 14.5. The number of benzene rings is 1. The van der Waals surface area contributed by atoms with E-state index in [1.807, 2.05) is 13.0 Å². The van der Waals surface area contributed by atoms with Crippen molar-refractivity contribution < 1.29 is 49.3 Å². The molecule has 4 bridgehead atoms. The van der Waals surface area contributed by atoms with Gasteiger partial charge in [0.05, 0.1) is 5.60 Å². The predicted molar refractivity (Wildman–Crippen MR) is 163 cm³/mol. The molecule has 3 heterocycles. The third-order valence-electron chi connectivity index (χ3n) is 13.9. The molecule has 9 rings (SSSR count). The maximum Gasteiger partial charge on any atom is 0.335 e. The lowest BCUT2D eigenvalue weighted by atomic mass is 9.33. The van der Waals surface area contributed by atoms with Gasteiger partial charge in [-0.3, -0.25) is 4.90 Å². The highest BCUT2D eigenvalue weighted by Crippen LogP contribution is 2.77. The summed E-state index contributed by atoms with van der Waals surface area (Å²) in [6.45, 7) is 10.3. The van der Waals surface area contributed by atoms with Crippen LogP contribution in [0.1, 0.15) is 77.3 Å². The normalized spacial score (nSPS) is 45.5. The molecule has 0 radical (unpaired) electrons. The molecule has 11 heteroatoms. The van der Waals surface area contributed by atoms with Gasteiger partial charge in [0.25, 0.3) is 0 Å². The van der Waals surface area contributed by atoms with Crippen LogP contribution in [0.2, 0.25) is 0 Å². The second-order valence-corrected chi connectivity index (χ2v) is 16.7. The van der Waals surface area contributed by atoms with Gasteiger partial charge < -0.3 is 44.5 Å². The number of carboxylic acid groups (broad SMARTS) is 1. The number of nitrogens with zero attached hydrogens (tertiary/aromatic N) is 1. The molecule has 4 saturated carbocycles. The van der Waals surface area contributed by atoms with E-state index in [1.54, 1.807) is 13.2 Å². The Morgan fingerprint density at radius 1 is 1.07 bits per heavy atom. The zero-order valence-electron chi connectivity index (χ0n) is 27.4. The summed E-state index contributed by atoms with van der Waals surface area (Å²) in [6.07, 6.45) is -1.91. The van der Waals surface area contributed by atoms with Crippen LogP contribution in [0, 0.1) is 22.7 Å². The molecule has 2 saturated heterocycles. The van der Waals surface area contributed by atoms with Crippen LogP contribution in [0.3, 0.4) is 0 Å². The third-order valence-corrected chi connectivity index (χ3v) is 13.9. The largest absolute Gasteiger partial charge is 0.486 e. The van der Waals surface area contributed by atoms with Crippen LogP contribution in [0.5, 0.6) is 11.5 Å². The van der Waals surface area contributed by atoms with Crippen LogP contribution < -0.4 is 9.47 Å². The molecule has 5 aliphatic carbocycles. The van der Waals surface area contributed by atoms with Gasteiger partial charge in [0.15, 0.2) is 6.10 Å². The number of carbonyl (C=O) groups is 1. The molecule has 1 aromatic carbocycles. The molecule has 46 heavy (non-hydrogen) atoms. The molecule has 5 N–H and O–H groups in total. The van der Waals surface area contributed by atoms with Crippen molar-refractivity contribution in [3.05, 3.63) is 23.3 Å². The lowest BCUT2D eigenvalue weighted by Gasteiger charge is -2.75. The molecule has 2 spiro atoms. The molecule has 1 aromatic rings. The SMILES string of the molecule is CO[C@]12CC[C@@]3(C[C@@H]1[C@](C)(O)C(C)(C)C)[C@H]1Cc4cc(O[C@@H]5O[C@H](C(=O)O)[C@@H](O)[C@H](O)[C@H]5O)cc5c4[C@@]3(CCN1CC1CC1)[C@H]2O5. The highest BCUT2D eigenvalue weighted by Gasteiger charge is 2.82. The molecule has 0 amide bonds. The van der Waals surface area contributed by atoms with Gasteiger partial charge in [-0.05, 0) is 81.4 Å². The van der Waals surface area contributed by atoms with E-state index in [0.29, 0.717) is 11.5 Å². The maximum absolute atomic E-state index is 12.4. The Morgan fingerprint density at radius 2 is 1.80 bits per heavy atom.